The minimum atomic E-state index is -0.291. The van der Waals surface area contributed by atoms with E-state index in [0.717, 1.165) is 51.0 Å². The summed E-state index contributed by atoms with van der Waals surface area (Å²) < 4.78 is 7.30. The highest BCUT2D eigenvalue weighted by Gasteiger charge is 2.42. The summed E-state index contributed by atoms with van der Waals surface area (Å²) in [6.07, 6.45) is 1.36. The SMILES string of the molecule is CCOC(=O)Cn1c(C)c([C@@H]2Nc3ccc4ccccc4c3C3=C2C(=O)CC(C)(C)C3)c2ccccc21. The van der Waals surface area contributed by atoms with E-state index in [0.29, 0.717) is 13.0 Å². The van der Waals surface area contributed by atoms with Crippen LogP contribution in [0, 0.1) is 12.3 Å². The Morgan fingerprint density at radius 3 is 2.54 bits per heavy atom. The molecule has 0 radical (unpaired) electrons. The minimum Gasteiger partial charge on any atom is -0.465 e. The number of carbonyl (C=O) groups is 2. The molecule has 37 heavy (non-hydrogen) atoms. The van der Waals surface area contributed by atoms with Crippen molar-refractivity contribution in [1.82, 2.24) is 4.57 Å². The molecule has 2 heterocycles. The summed E-state index contributed by atoms with van der Waals surface area (Å²) in [7, 11) is 0. The van der Waals surface area contributed by atoms with Gasteiger partial charge in [-0.05, 0) is 54.2 Å². The van der Waals surface area contributed by atoms with Crippen LogP contribution >= 0.6 is 0 Å². The first kappa shape index (κ1) is 23.5. The number of para-hydroxylation sites is 1. The van der Waals surface area contributed by atoms with Gasteiger partial charge in [0.05, 0.1) is 12.6 Å². The number of benzene rings is 3. The van der Waals surface area contributed by atoms with Gasteiger partial charge in [-0.2, -0.15) is 0 Å². The van der Waals surface area contributed by atoms with Gasteiger partial charge >= 0.3 is 5.97 Å². The normalized spacial score (nSPS) is 18.5. The number of ether oxygens (including phenoxy) is 1. The first-order valence-corrected chi connectivity index (χ1v) is 13.1. The van der Waals surface area contributed by atoms with Crippen molar-refractivity contribution < 1.29 is 14.3 Å². The summed E-state index contributed by atoms with van der Waals surface area (Å²) in [5.74, 6) is -0.0642. The van der Waals surface area contributed by atoms with Crippen LogP contribution in [0.15, 0.2) is 66.2 Å². The predicted molar refractivity (Wildman–Crippen MR) is 149 cm³/mol. The summed E-state index contributed by atoms with van der Waals surface area (Å²) in [5.41, 5.74) is 7.11. The largest absolute Gasteiger partial charge is 0.465 e. The zero-order chi connectivity index (χ0) is 25.9. The van der Waals surface area contributed by atoms with Gasteiger partial charge in [0.25, 0.3) is 0 Å². The molecule has 0 bridgehead atoms. The highest BCUT2D eigenvalue weighted by molar-refractivity contribution is 6.13. The third-order valence-electron chi connectivity index (χ3n) is 7.90. The van der Waals surface area contributed by atoms with Crippen LogP contribution in [0.1, 0.15) is 56.5 Å². The molecular formula is C32H32N2O3. The molecular weight excluding hydrogens is 460 g/mol. The molecule has 6 rings (SSSR count). The number of hydrogen-bond acceptors (Lipinski definition) is 4. The average molecular weight is 493 g/mol. The number of fused-ring (bicyclic) bond motifs is 5. The fourth-order valence-electron chi connectivity index (χ4n) is 6.42. The number of allylic oxidation sites excluding steroid dienone is 1. The number of nitrogens with one attached hydrogen (secondary N) is 1. The molecule has 5 heteroatoms. The van der Waals surface area contributed by atoms with Crippen LogP contribution < -0.4 is 5.32 Å². The highest BCUT2D eigenvalue weighted by Crippen LogP contribution is 2.53. The summed E-state index contributed by atoms with van der Waals surface area (Å²) in [5, 5.41) is 7.17. The van der Waals surface area contributed by atoms with Crippen molar-refractivity contribution in [2.45, 2.75) is 53.1 Å². The molecule has 3 aromatic carbocycles. The molecule has 1 aliphatic carbocycles. The van der Waals surface area contributed by atoms with Gasteiger partial charge in [0.2, 0.25) is 0 Å². The number of esters is 1. The third-order valence-corrected chi connectivity index (χ3v) is 7.90. The maximum Gasteiger partial charge on any atom is 0.325 e. The van der Waals surface area contributed by atoms with E-state index in [1.807, 2.05) is 36.6 Å². The lowest BCUT2D eigenvalue weighted by Crippen LogP contribution is -2.33. The molecule has 1 N–H and O–H groups in total. The first-order valence-electron chi connectivity index (χ1n) is 13.1. The van der Waals surface area contributed by atoms with E-state index in [9.17, 15) is 9.59 Å². The number of ketones is 1. The van der Waals surface area contributed by atoms with Gasteiger partial charge in [0.15, 0.2) is 5.78 Å². The van der Waals surface area contributed by atoms with Crippen molar-refractivity contribution in [3.8, 4) is 0 Å². The summed E-state index contributed by atoms with van der Waals surface area (Å²) in [6.45, 7) is 8.73. The standard InChI is InChI=1S/C32H32N2O3/c1-5-37-27(36)18-34-19(2)28(22-12-8-9-13-25(22)34)31-30-23(16-32(3,4)17-26(30)35)29-21-11-7-6-10-20(21)14-15-24(29)33-31/h6-15,31,33H,5,16-18H2,1-4H3/t31-/m0/s1. The van der Waals surface area contributed by atoms with E-state index in [4.69, 9.17) is 4.74 Å². The second-order valence-electron chi connectivity index (χ2n) is 11.0. The van der Waals surface area contributed by atoms with Crippen molar-refractivity contribution in [3.63, 3.8) is 0 Å². The summed E-state index contributed by atoms with van der Waals surface area (Å²) >= 11 is 0. The monoisotopic (exact) mass is 492 g/mol. The molecule has 0 saturated carbocycles. The smallest absolute Gasteiger partial charge is 0.325 e. The minimum absolute atomic E-state index is 0.112. The van der Waals surface area contributed by atoms with Crippen molar-refractivity contribution in [3.05, 3.63) is 83.1 Å². The topological polar surface area (TPSA) is 60.3 Å². The molecule has 2 aliphatic rings. The van der Waals surface area contributed by atoms with Gasteiger partial charge in [0, 0.05) is 45.4 Å². The van der Waals surface area contributed by atoms with E-state index in [1.165, 1.54) is 10.8 Å². The Bertz CT molecular complexity index is 1620. The Kier molecular flexibility index (Phi) is 5.48. The van der Waals surface area contributed by atoms with E-state index in [-0.39, 0.29) is 29.8 Å². The molecule has 0 fully saturated rings. The lowest BCUT2D eigenvalue weighted by molar-refractivity contribution is -0.143. The zero-order valence-corrected chi connectivity index (χ0v) is 21.9. The number of aromatic nitrogens is 1. The molecule has 0 saturated heterocycles. The second kappa shape index (κ2) is 8.62. The summed E-state index contributed by atoms with van der Waals surface area (Å²) in [6, 6.07) is 20.6. The fraction of sp³-hybridized carbons (Fsp3) is 0.312. The van der Waals surface area contributed by atoms with Gasteiger partial charge in [-0.3, -0.25) is 9.59 Å². The Hall–Kier alpha value is -3.86. The lowest BCUT2D eigenvalue weighted by Gasteiger charge is -2.40. The van der Waals surface area contributed by atoms with E-state index >= 15 is 0 Å². The van der Waals surface area contributed by atoms with Crippen LogP contribution in [0.2, 0.25) is 0 Å². The number of nitrogens with zero attached hydrogens (tertiary/aromatic N) is 1. The molecule has 0 amide bonds. The van der Waals surface area contributed by atoms with Gasteiger partial charge in [-0.25, -0.2) is 0 Å². The number of carbonyl (C=O) groups excluding carboxylic acids is 2. The van der Waals surface area contributed by atoms with Crippen LogP contribution in [-0.4, -0.2) is 22.9 Å². The Morgan fingerprint density at radius 2 is 1.76 bits per heavy atom. The Balaban J connectivity index is 1.61. The Morgan fingerprint density at radius 1 is 1.03 bits per heavy atom. The predicted octanol–water partition coefficient (Wildman–Crippen LogP) is 6.98. The van der Waals surface area contributed by atoms with Crippen molar-refractivity contribution in [1.29, 1.82) is 0 Å². The van der Waals surface area contributed by atoms with Crippen LogP contribution in [0.3, 0.4) is 0 Å². The van der Waals surface area contributed by atoms with Crippen LogP contribution in [0.5, 0.6) is 0 Å². The van der Waals surface area contributed by atoms with Crippen molar-refractivity contribution in [2.24, 2.45) is 5.41 Å². The van der Waals surface area contributed by atoms with Gasteiger partial charge in [0.1, 0.15) is 6.54 Å². The molecule has 1 aromatic heterocycles. The van der Waals surface area contributed by atoms with E-state index in [2.05, 4.69) is 61.6 Å². The first-order chi connectivity index (χ1) is 17.8. The van der Waals surface area contributed by atoms with Crippen molar-refractivity contribution >= 4 is 44.7 Å². The molecule has 4 aromatic rings. The number of Topliss-reactive ketones (excluding diaryl/α,β-unsaturated/α-hetero) is 1. The maximum absolute atomic E-state index is 13.9. The molecule has 0 spiro atoms. The van der Waals surface area contributed by atoms with Crippen LogP contribution in [0.25, 0.3) is 27.2 Å². The number of hydrogen-bond donors (Lipinski definition) is 1. The second-order valence-corrected chi connectivity index (χ2v) is 11.0. The fourth-order valence-corrected chi connectivity index (χ4v) is 6.42. The molecule has 5 nitrogen and oxygen atoms in total. The van der Waals surface area contributed by atoms with Gasteiger partial charge < -0.3 is 14.6 Å². The number of rotatable bonds is 4. The quantitative estimate of drug-likeness (QED) is 0.312. The molecule has 1 atom stereocenters. The number of anilines is 1. The third kappa shape index (κ3) is 3.76. The van der Waals surface area contributed by atoms with Gasteiger partial charge in [-0.15, -0.1) is 0 Å². The lowest BCUT2D eigenvalue weighted by atomic mass is 9.67. The van der Waals surface area contributed by atoms with Crippen molar-refractivity contribution in [2.75, 3.05) is 11.9 Å². The summed E-state index contributed by atoms with van der Waals surface area (Å²) in [4.78, 5) is 26.4. The highest BCUT2D eigenvalue weighted by atomic mass is 16.5. The maximum atomic E-state index is 13.9. The van der Waals surface area contributed by atoms with E-state index in [1.54, 1.807) is 0 Å². The van der Waals surface area contributed by atoms with Crippen LogP contribution in [0.4, 0.5) is 5.69 Å². The molecule has 188 valence electrons. The van der Waals surface area contributed by atoms with Crippen LogP contribution in [-0.2, 0) is 20.9 Å². The Labute approximate surface area is 217 Å². The molecule has 1 aliphatic heterocycles. The average Bonchev–Trinajstić information content (AvgIpc) is 3.13. The zero-order valence-electron chi connectivity index (χ0n) is 21.9. The van der Waals surface area contributed by atoms with E-state index < -0.39 is 0 Å². The van der Waals surface area contributed by atoms with Gasteiger partial charge in [-0.1, -0.05) is 62.4 Å². The molecule has 0 unspecified atom stereocenters.